The number of halogens is 2. The molecule has 0 aliphatic rings. The van der Waals surface area contributed by atoms with Crippen LogP contribution in [0, 0.1) is 13.8 Å². The number of hydrogen-bond acceptors (Lipinski definition) is 5. The van der Waals surface area contributed by atoms with Crippen LogP contribution < -0.4 is 10.1 Å². The minimum atomic E-state index is -0.724. The molecule has 0 aliphatic carbocycles. The Hall–Kier alpha value is -1.56. The number of rotatable bonds is 6. The highest BCUT2D eigenvalue weighted by Gasteiger charge is 2.10. The standard InChI is InChI=1S/C15H17Cl2N3O2/c1-9-6-14(20-19-10(9)2)18-7-11(21)8-22-13-5-3-4-12(16)15(13)17/h3-6,11,21H,7-8H2,1-2H3,(H,18,20). The van der Waals surface area contributed by atoms with E-state index in [1.807, 2.05) is 19.9 Å². The van der Waals surface area contributed by atoms with Crippen molar-refractivity contribution in [2.24, 2.45) is 0 Å². The van der Waals surface area contributed by atoms with Gasteiger partial charge in [-0.15, -0.1) is 5.10 Å². The average molecular weight is 342 g/mol. The molecule has 0 amide bonds. The molecule has 0 bridgehead atoms. The molecule has 1 aromatic carbocycles. The normalized spacial score (nSPS) is 12.0. The second-order valence-corrected chi connectivity index (χ2v) is 5.68. The smallest absolute Gasteiger partial charge is 0.149 e. The summed E-state index contributed by atoms with van der Waals surface area (Å²) in [5.74, 6) is 1.06. The third kappa shape index (κ3) is 4.47. The molecule has 7 heteroatoms. The molecule has 22 heavy (non-hydrogen) atoms. The van der Waals surface area contributed by atoms with Crippen LogP contribution in [0.5, 0.6) is 5.75 Å². The molecule has 0 spiro atoms. The fraction of sp³-hybridized carbons (Fsp3) is 0.333. The van der Waals surface area contributed by atoms with E-state index in [1.165, 1.54) is 0 Å². The fourth-order valence-corrected chi connectivity index (χ4v) is 2.04. The average Bonchev–Trinajstić information content (AvgIpc) is 2.50. The van der Waals surface area contributed by atoms with Gasteiger partial charge < -0.3 is 15.2 Å². The molecule has 1 heterocycles. The van der Waals surface area contributed by atoms with Crippen molar-refractivity contribution in [3.63, 3.8) is 0 Å². The SMILES string of the molecule is Cc1cc(NCC(O)COc2cccc(Cl)c2Cl)nnc1C. The number of anilines is 1. The number of aliphatic hydroxyl groups excluding tert-OH is 1. The quantitative estimate of drug-likeness (QED) is 0.844. The van der Waals surface area contributed by atoms with Crippen LogP contribution in [0.4, 0.5) is 5.82 Å². The van der Waals surface area contributed by atoms with Crippen molar-refractivity contribution in [2.45, 2.75) is 20.0 Å². The van der Waals surface area contributed by atoms with Crippen LogP contribution in [0.2, 0.25) is 10.0 Å². The Labute approximate surface area is 139 Å². The van der Waals surface area contributed by atoms with Gasteiger partial charge in [-0.3, -0.25) is 0 Å². The van der Waals surface area contributed by atoms with Gasteiger partial charge in [0, 0.05) is 6.54 Å². The van der Waals surface area contributed by atoms with Gasteiger partial charge in [0.2, 0.25) is 0 Å². The summed E-state index contributed by atoms with van der Waals surface area (Å²) >= 11 is 11.9. The van der Waals surface area contributed by atoms with Gasteiger partial charge in [-0.2, -0.15) is 5.10 Å². The van der Waals surface area contributed by atoms with E-state index >= 15 is 0 Å². The molecule has 0 radical (unpaired) electrons. The van der Waals surface area contributed by atoms with Crippen molar-refractivity contribution in [2.75, 3.05) is 18.5 Å². The minimum absolute atomic E-state index is 0.0886. The molecular formula is C15H17Cl2N3O2. The lowest BCUT2D eigenvalue weighted by Gasteiger charge is -2.14. The van der Waals surface area contributed by atoms with Crippen LogP contribution in [-0.2, 0) is 0 Å². The third-order valence-corrected chi connectivity index (χ3v) is 3.90. The van der Waals surface area contributed by atoms with Crippen molar-refractivity contribution in [3.8, 4) is 5.75 Å². The lowest BCUT2D eigenvalue weighted by Crippen LogP contribution is -2.26. The maximum absolute atomic E-state index is 9.94. The zero-order valence-corrected chi connectivity index (χ0v) is 13.8. The largest absolute Gasteiger partial charge is 0.489 e. The van der Waals surface area contributed by atoms with Gasteiger partial charge in [0.25, 0.3) is 0 Å². The van der Waals surface area contributed by atoms with Crippen molar-refractivity contribution >= 4 is 29.0 Å². The monoisotopic (exact) mass is 341 g/mol. The van der Waals surface area contributed by atoms with Crippen molar-refractivity contribution in [1.82, 2.24) is 10.2 Å². The van der Waals surface area contributed by atoms with Gasteiger partial charge in [0.1, 0.15) is 29.3 Å². The Morgan fingerprint density at radius 2 is 2.05 bits per heavy atom. The Bertz CT molecular complexity index is 653. The van der Waals surface area contributed by atoms with Crippen LogP contribution in [0.15, 0.2) is 24.3 Å². The summed E-state index contributed by atoms with van der Waals surface area (Å²) in [7, 11) is 0. The van der Waals surface area contributed by atoms with Crippen LogP contribution in [0.1, 0.15) is 11.3 Å². The molecule has 2 rings (SSSR count). The van der Waals surface area contributed by atoms with Crippen molar-refractivity contribution in [3.05, 3.63) is 45.6 Å². The zero-order valence-electron chi connectivity index (χ0n) is 12.3. The Kier molecular flexibility index (Phi) is 5.83. The van der Waals surface area contributed by atoms with Gasteiger partial charge in [-0.1, -0.05) is 29.3 Å². The summed E-state index contributed by atoms with van der Waals surface area (Å²) in [6.45, 7) is 4.22. The second kappa shape index (κ2) is 7.63. The van der Waals surface area contributed by atoms with E-state index in [4.69, 9.17) is 27.9 Å². The maximum atomic E-state index is 9.94. The molecule has 1 aromatic heterocycles. The van der Waals surface area contributed by atoms with Crippen molar-refractivity contribution < 1.29 is 9.84 Å². The lowest BCUT2D eigenvalue weighted by atomic mass is 10.2. The number of nitrogens with one attached hydrogen (secondary N) is 1. The third-order valence-electron chi connectivity index (χ3n) is 3.10. The van der Waals surface area contributed by atoms with Gasteiger partial charge >= 0.3 is 0 Å². The van der Waals surface area contributed by atoms with Gasteiger partial charge in [-0.25, -0.2) is 0 Å². The van der Waals surface area contributed by atoms with E-state index < -0.39 is 6.10 Å². The second-order valence-electron chi connectivity index (χ2n) is 4.90. The summed E-state index contributed by atoms with van der Waals surface area (Å²) in [5.41, 5.74) is 1.92. The van der Waals surface area contributed by atoms with Gasteiger partial charge in [-0.05, 0) is 37.6 Å². The number of ether oxygens (including phenoxy) is 1. The molecule has 0 saturated carbocycles. The molecule has 0 aliphatic heterocycles. The Balaban J connectivity index is 1.84. The molecule has 1 unspecified atom stereocenters. The van der Waals surface area contributed by atoms with Crippen molar-refractivity contribution in [1.29, 1.82) is 0 Å². The van der Waals surface area contributed by atoms with Crippen LogP contribution in [0.3, 0.4) is 0 Å². The molecule has 2 aromatic rings. The van der Waals surface area contributed by atoms with Crippen LogP contribution in [-0.4, -0.2) is 34.6 Å². The minimum Gasteiger partial charge on any atom is -0.489 e. The highest BCUT2D eigenvalue weighted by molar-refractivity contribution is 6.42. The van der Waals surface area contributed by atoms with E-state index in [0.29, 0.717) is 21.6 Å². The van der Waals surface area contributed by atoms with Crippen LogP contribution in [0.25, 0.3) is 0 Å². The molecular weight excluding hydrogens is 325 g/mol. The number of nitrogens with zero attached hydrogens (tertiary/aromatic N) is 2. The number of aryl methyl sites for hydroxylation is 2. The molecule has 5 nitrogen and oxygen atoms in total. The van der Waals surface area contributed by atoms with E-state index in [1.54, 1.807) is 18.2 Å². The predicted octanol–water partition coefficient (Wildman–Crippen LogP) is 3.25. The number of hydrogen-bond donors (Lipinski definition) is 2. The summed E-state index contributed by atoms with van der Waals surface area (Å²) in [6, 6.07) is 6.99. The molecule has 0 saturated heterocycles. The Morgan fingerprint density at radius 3 is 2.77 bits per heavy atom. The first-order valence-electron chi connectivity index (χ1n) is 6.77. The van der Waals surface area contributed by atoms with E-state index in [9.17, 15) is 5.11 Å². The summed E-state index contributed by atoms with van der Waals surface area (Å²) in [5, 5.41) is 21.7. The summed E-state index contributed by atoms with van der Waals surface area (Å²) < 4.78 is 5.47. The highest BCUT2D eigenvalue weighted by Crippen LogP contribution is 2.31. The van der Waals surface area contributed by atoms with Crippen LogP contribution >= 0.6 is 23.2 Å². The Morgan fingerprint density at radius 1 is 1.27 bits per heavy atom. The topological polar surface area (TPSA) is 67.3 Å². The first-order valence-corrected chi connectivity index (χ1v) is 7.52. The van der Waals surface area contributed by atoms with E-state index in [2.05, 4.69) is 15.5 Å². The summed E-state index contributed by atoms with van der Waals surface area (Å²) in [6.07, 6.45) is -0.724. The van der Waals surface area contributed by atoms with Gasteiger partial charge in [0.05, 0.1) is 10.7 Å². The lowest BCUT2D eigenvalue weighted by molar-refractivity contribution is 0.117. The number of aliphatic hydroxyl groups is 1. The zero-order chi connectivity index (χ0) is 16.1. The first kappa shape index (κ1) is 16.8. The molecule has 1 atom stereocenters. The number of aromatic nitrogens is 2. The predicted molar refractivity (Wildman–Crippen MR) is 88.0 cm³/mol. The number of benzene rings is 1. The molecule has 118 valence electrons. The molecule has 0 fully saturated rings. The highest BCUT2D eigenvalue weighted by atomic mass is 35.5. The first-order chi connectivity index (χ1) is 10.5. The maximum Gasteiger partial charge on any atom is 0.149 e. The van der Waals surface area contributed by atoms with E-state index in [-0.39, 0.29) is 13.2 Å². The van der Waals surface area contributed by atoms with Gasteiger partial charge in [0.15, 0.2) is 0 Å². The fourth-order valence-electron chi connectivity index (χ4n) is 1.70. The summed E-state index contributed by atoms with van der Waals surface area (Å²) in [4.78, 5) is 0. The van der Waals surface area contributed by atoms with E-state index in [0.717, 1.165) is 11.3 Å². The molecule has 2 N–H and O–H groups in total.